The minimum Gasteiger partial charge on any atom is -0.341 e. The van der Waals surface area contributed by atoms with E-state index < -0.39 is 0 Å². The van der Waals surface area contributed by atoms with E-state index in [1.807, 2.05) is 4.90 Å². The fraction of sp³-hybridized carbons (Fsp3) is 0.900. The van der Waals surface area contributed by atoms with Crippen LogP contribution < -0.4 is 5.73 Å². The molecule has 0 bridgehead atoms. The van der Waals surface area contributed by atoms with E-state index in [0.29, 0.717) is 25.4 Å². The van der Waals surface area contributed by atoms with Crippen molar-refractivity contribution in [3.05, 3.63) is 0 Å². The van der Waals surface area contributed by atoms with Gasteiger partial charge in [-0.2, -0.15) is 0 Å². The van der Waals surface area contributed by atoms with Crippen LogP contribution in [-0.4, -0.2) is 30.4 Å². The molecule has 0 aliphatic carbocycles. The Kier molecular flexibility index (Phi) is 6.59. The van der Waals surface area contributed by atoms with Gasteiger partial charge >= 0.3 is 0 Å². The molecule has 0 heterocycles. The van der Waals surface area contributed by atoms with E-state index in [9.17, 15) is 4.79 Å². The van der Waals surface area contributed by atoms with Crippen LogP contribution in [0.3, 0.4) is 0 Å². The molecule has 3 heteroatoms. The summed E-state index contributed by atoms with van der Waals surface area (Å²) in [7, 11) is 0. The highest BCUT2D eigenvalue weighted by atomic mass is 16.2. The summed E-state index contributed by atoms with van der Waals surface area (Å²) < 4.78 is 0. The lowest BCUT2D eigenvalue weighted by Crippen LogP contribution is -2.36. The second kappa shape index (κ2) is 6.89. The molecule has 0 aromatic rings. The van der Waals surface area contributed by atoms with E-state index in [0.717, 1.165) is 13.0 Å². The first kappa shape index (κ1) is 12.4. The Labute approximate surface area is 81.3 Å². The van der Waals surface area contributed by atoms with Crippen LogP contribution in [0.5, 0.6) is 0 Å². The number of hydrogen-bond acceptors (Lipinski definition) is 2. The molecule has 0 rings (SSSR count). The van der Waals surface area contributed by atoms with Crippen molar-refractivity contribution in [1.29, 1.82) is 0 Å². The van der Waals surface area contributed by atoms with Crippen LogP contribution >= 0.6 is 0 Å². The van der Waals surface area contributed by atoms with Crippen LogP contribution in [0, 0.1) is 5.92 Å². The second-order valence-electron chi connectivity index (χ2n) is 3.77. The minimum atomic E-state index is 0.238. The maximum absolute atomic E-state index is 11.6. The number of hydrogen-bond donors (Lipinski definition) is 1. The molecule has 13 heavy (non-hydrogen) atoms. The van der Waals surface area contributed by atoms with Crippen molar-refractivity contribution in [3.63, 3.8) is 0 Å². The van der Waals surface area contributed by atoms with Crippen molar-refractivity contribution in [3.8, 4) is 0 Å². The first-order valence-corrected chi connectivity index (χ1v) is 5.09. The Hall–Kier alpha value is -0.570. The van der Waals surface area contributed by atoms with Crippen LogP contribution in [0.15, 0.2) is 0 Å². The lowest BCUT2D eigenvalue weighted by Gasteiger charge is -2.22. The van der Waals surface area contributed by atoms with Crippen molar-refractivity contribution in [1.82, 2.24) is 4.90 Å². The van der Waals surface area contributed by atoms with Gasteiger partial charge in [-0.05, 0) is 12.3 Å². The van der Waals surface area contributed by atoms with Gasteiger partial charge in [0.2, 0.25) is 5.91 Å². The first-order chi connectivity index (χ1) is 6.11. The summed E-state index contributed by atoms with van der Waals surface area (Å²) in [5, 5.41) is 0. The lowest BCUT2D eigenvalue weighted by atomic mass is 10.1. The second-order valence-corrected chi connectivity index (χ2v) is 3.77. The number of carbonyl (C=O) groups excluding carboxylic acids is 1. The van der Waals surface area contributed by atoms with E-state index in [4.69, 9.17) is 5.73 Å². The van der Waals surface area contributed by atoms with Gasteiger partial charge < -0.3 is 10.6 Å². The third-order valence-electron chi connectivity index (χ3n) is 1.83. The largest absolute Gasteiger partial charge is 0.341 e. The fourth-order valence-electron chi connectivity index (χ4n) is 1.27. The van der Waals surface area contributed by atoms with Gasteiger partial charge in [-0.3, -0.25) is 4.79 Å². The van der Waals surface area contributed by atoms with E-state index >= 15 is 0 Å². The average molecular weight is 186 g/mol. The van der Waals surface area contributed by atoms with Gasteiger partial charge in [-0.25, -0.2) is 0 Å². The van der Waals surface area contributed by atoms with E-state index in [-0.39, 0.29) is 5.91 Å². The predicted octanol–water partition coefficient (Wildman–Crippen LogP) is 1.23. The van der Waals surface area contributed by atoms with Crippen molar-refractivity contribution in [2.45, 2.75) is 33.6 Å². The summed E-state index contributed by atoms with van der Waals surface area (Å²) in [6.07, 6.45) is 1.64. The molecule has 0 atom stereocenters. The van der Waals surface area contributed by atoms with Crippen molar-refractivity contribution in [2.24, 2.45) is 11.7 Å². The lowest BCUT2D eigenvalue weighted by molar-refractivity contribution is -0.131. The predicted molar refractivity (Wildman–Crippen MR) is 55.4 cm³/mol. The average Bonchev–Trinajstić information content (AvgIpc) is 2.02. The Morgan fingerprint density at radius 1 is 1.38 bits per heavy atom. The standard InChI is InChI=1S/C10H22N2O/c1-4-6-12(7-5-11)10(13)8-9(2)3/h9H,4-8,11H2,1-3H3. The molecule has 0 unspecified atom stereocenters. The quantitative estimate of drug-likeness (QED) is 0.678. The molecule has 0 aliphatic rings. The van der Waals surface area contributed by atoms with Gasteiger partial charge in [-0.1, -0.05) is 20.8 Å². The van der Waals surface area contributed by atoms with Crippen molar-refractivity contribution >= 4 is 5.91 Å². The molecular formula is C10H22N2O. The Bertz CT molecular complexity index is 140. The number of rotatable bonds is 6. The molecule has 0 aliphatic heterocycles. The van der Waals surface area contributed by atoms with Crippen molar-refractivity contribution < 1.29 is 4.79 Å². The normalized spacial score (nSPS) is 10.5. The summed E-state index contributed by atoms with van der Waals surface area (Å²) in [5.74, 6) is 0.673. The van der Waals surface area contributed by atoms with E-state index in [2.05, 4.69) is 20.8 Å². The van der Waals surface area contributed by atoms with Crippen LogP contribution in [-0.2, 0) is 4.79 Å². The monoisotopic (exact) mass is 186 g/mol. The summed E-state index contributed by atoms with van der Waals surface area (Å²) >= 11 is 0. The minimum absolute atomic E-state index is 0.238. The smallest absolute Gasteiger partial charge is 0.222 e. The zero-order valence-electron chi connectivity index (χ0n) is 9.05. The molecule has 0 saturated heterocycles. The number of carbonyl (C=O) groups is 1. The zero-order valence-corrected chi connectivity index (χ0v) is 9.05. The van der Waals surface area contributed by atoms with E-state index in [1.54, 1.807) is 0 Å². The third-order valence-corrected chi connectivity index (χ3v) is 1.83. The molecule has 3 nitrogen and oxygen atoms in total. The summed E-state index contributed by atoms with van der Waals surface area (Å²) in [6.45, 7) is 8.28. The van der Waals surface area contributed by atoms with Crippen LogP contribution in [0.25, 0.3) is 0 Å². The highest BCUT2D eigenvalue weighted by Crippen LogP contribution is 2.04. The van der Waals surface area contributed by atoms with Gasteiger partial charge in [0.15, 0.2) is 0 Å². The zero-order chi connectivity index (χ0) is 10.3. The van der Waals surface area contributed by atoms with Crippen LogP contribution in [0.1, 0.15) is 33.6 Å². The van der Waals surface area contributed by atoms with Crippen molar-refractivity contribution in [2.75, 3.05) is 19.6 Å². The number of nitrogens with zero attached hydrogens (tertiary/aromatic N) is 1. The SMILES string of the molecule is CCCN(CCN)C(=O)CC(C)C. The van der Waals surface area contributed by atoms with Gasteiger partial charge in [0, 0.05) is 26.1 Å². The molecule has 78 valence electrons. The first-order valence-electron chi connectivity index (χ1n) is 5.09. The highest BCUT2D eigenvalue weighted by molar-refractivity contribution is 5.76. The summed E-state index contributed by atoms with van der Waals surface area (Å²) in [6, 6.07) is 0. The third kappa shape index (κ3) is 5.64. The summed E-state index contributed by atoms with van der Waals surface area (Å²) in [5.41, 5.74) is 5.43. The van der Waals surface area contributed by atoms with E-state index in [1.165, 1.54) is 0 Å². The fourth-order valence-corrected chi connectivity index (χ4v) is 1.27. The Morgan fingerprint density at radius 3 is 2.38 bits per heavy atom. The van der Waals surface area contributed by atoms with Gasteiger partial charge in [0.25, 0.3) is 0 Å². The molecule has 0 saturated carbocycles. The van der Waals surface area contributed by atoms with Crippen LogP contribution in [0.4, 0.5) is 0 Å². The molecule has 0 radical (unpaired) electrons. The molecule has 0 spiro atoms. The maximum Gasteiger partial charge on any atom is 0.222 e. The molecule has 0 fully saturated rings. The van der Waals surface area contributed by atoms with Gasteiger partial charge in [0.1, 0.15) is 0 Å². The molecule has 1 amide bonds. The van der Waals surface area contributed by atoms with Gasteiger partial charge in [-0.15, -0.1) is 0 Å². The summed E-state index contributed by atoms with van der Waals surface area (Å²) in [4.78, 5) is 13.5. The molecule has 0 aromatic heterocycles. The highest BCUT2D eigenvalue weighted by Gasteiger charge is 2.12. The molecular weight excluding hydrogens is 164 g/mol. The number of nitrogens with two attached hydrogens (primary N) is 1. The Morgan fingerprint density at radius 2 is 2.00 bits per heavy atom. The number of amides is 1. The Balaban J connectivity index is 3.95. The van der Waals surface area contributed by atoms with Gasteiger partial charge in [0.05, 0.1) is 0 Å². The molecule has 0 aromatic carbocycles. The molecule has 2 N–H and O–H groups in total. The maximum atomic E-state index is 11.6. The topological polar surface area (TPSA) is 46.3 Å². The van der Waals surface area contributed by atoms with Crippen LogP contribution in [0.2, 0.25) is 0 Å².